The van der Waals surface area contributed by atoms with Gasteiger partial charge in [0.15, 0.2) is 0 Å². The van der Waals surface area contributed by atoms with Gasteiger partial charge in [0.2, 0.25) is 0 Å². The lowest BCUT2D eigenvalue weighted by atomic mass is 10.2. The van der Waals surface area contributed by atoms with Crippen molar-refractivity contribution < 1.29 is 0 Å². The molecule has 0 unspecified atom stereocenters. The SMILES string of the molecule is CCCCCCNCCCn1ccnc1. The number of hydrogen-bond donors (Lipinski definition) is 1. The van der Waals surface area contributed by atoms with Crippen molar-refractivity contribution in [3.8, 4) is 0 Å². The standard InChI is InChI=1S/C12H23N3/c1-2-3-4-5-7-13-8-6-10-15-11-9-14-12-15/h9,11-13H,2-8,10H2,1H3. The summed E-state index contributed by atoms with van der Waals surface area (Å²) in [6, 6.07) is 0. The number of rotatable bonds is 9. The second-order valence-electron chi connectivity index (χ2n) is 3.96. The highest BCUT2D eigenvalue weighted by Crippen LogP contribution is 1.97. The minimum Gasteiger partial charge on any atom is -0.337 e. The van der Waals surface area contributed by atoms with Crippen molar-refractivity contribution in [3.63, 3.8) is 0 Å². The van der Waals surface area contributed by atoms with Crippen LogP contribution < -0.4 is 5.32 Å². The van der Waals surface area contributed by atoms with Crippen LogP contribution in [0.5, 0.6) is 0 Å². The molecule has 0 bridgehead atoms. The number of nitrogens with one attached hydrogen (secondary N) is 1. The normalized spacial score (nSPS) is 10.7. The summed E-state index contributed by atoms with van der Waals surface area (Å²) in [5, 5.41) is 3.47. The van der Waals surface area contributed by atoms with E-state index in [1.54, 1.807) is 0 Å². The van der Waals surface area contributed by atoms with E-state index in [2.05, 4.69) is 21.8 Å². The molecule has 0 fully saturated rings. The molecule has 1 N–H and O–H groups in total. The Morgan fingerprint density at radius 1 is 1.13 bits per heavy atom. The molecule has 0 saturated heterocycles. The van der Waals surface area contributed by atoms with Crippen LogP contribution in [0.1, 0.15) is 39.0 Å². The van der Waals surface area contributed by atoms with Crippen LogP contribution in [0, 0.1) is 0 Å². The maximum atomic E-state index is 4.01. The second-order valence-corrected chi connectivity index (χ2v) is 3.96. The molecule has 3 nitrogen and oxygen atoms in total. The van der Waals surface area contributed by atoms with E-state index >= 15 is 0 Å². The van der Waals surface area contributed by atoms with Gasteiger partial charge in [0.25, 0.3) is 0 Å². The van der Waals surface area contributed by atoms with Gasteiger partial charge in [0, 0.05) is 18.9 Å². The fourth-order valence-corrected chi connectivity index (χ4v) is 1.61. The Kier molecular flexibility index (Phi) is 6.92. The van der Waals surface area contributed by atoms with Crippen molar-refractivity contribution in [3.05, 3.63) is 18.7 Å². The number of aryl methyl sites for hydroxylation is 1. The van der Waals surface area contributed by atoms with Gasteiger partial charge in [-0.25, -0.2) is 4.98 Å². The van der Waals surface area contributed by atoms with Crippen molar-refractivity contribution in [1.82, 2.24) is 14.9 Å². The summed E-state index contributed by atoms with van der Waals surface area (Å²) < 4.78 is 2.12. The third-order valence-electron chi connectivity index (χ3n) is 2.54. The summed E-state index contributed by atoms with van der Waals surface area (Å²) in [5.41, 5.74) is 0. The van der Waals surface area contributed by atoms with Gasteiger partial charge in [-0.1, -0.05) is 26.2 Å². The Bertz CT molecular complexity index is 219. The number of imidazole rings is 1. The van der Waals surface area contributed by atoms with Gasteiger partial charge in [-0.05, 0) is 25.9 Å². The first-order valence-electron chi connectivity index (χ1n) is 6.10. The zero-order chi connectivity index (χ0) is 10.8. The molecule has 15 heavy (non-hydrogen) atoms. The van der Waals surface area contributed by atoms with Crippen molar-refractivity contribution in [2.45, 2.75) is 45.6 Å². The lowest BCUT2D eigenvalue weighted by molar-refractivity contribution is 0.554. The first-order valence-corrected chi connectivity index (χ1v) is 6.10. The number of nitrogens with zero attached hydrogens (tertiary/aromatic N) is 2. The monoisotopic (exact) mass is 209 g/mol. The van der Waals surface area contributed by atoms with Crippen LogP contribution in [0.2, 0.25) is 0 Å². The Labute approximate surface area is 92.9 Å². The van der Waals surface area contributed by atoms with Crippen LogP contribution in [-0.4, -0.2) is 22.6 Å². The smallest absolute Gasteiger partial charge is 0.0945 e. The summed E-state index contributed by atoms with van der Waals surface area (Å²) >= 11 is 0. The minimum absolute atomic E-state index is 1.07. The molecule has 1 aromatic rings. The zero-order valence-electron chi connectivity index (χ0n) is 9.78. The maximum Gasteiger partial charge on any atom is 0.0945 e. The predicted octanol–water partition coefficient (Wildman–Crippen LogP) is 2.44. The van der Waals surface area contributed by atoms with E-state index < -0.39 is 0 Å². The minimum atomic E-state index is 1.07. The number of hydrogen-bond acceptors (Lipinski definition) is 2. The van der Waals surface area contributed by atoms with Gasteiger partial charge in [0.05, 0.1) is 6.33 Å². The third-order valence-corrected chi connectivity index (χ3v) is 2.54. The molecule has 86 valence electrons. The van der Waals surface area contributed by atoms with Crippen LogP contribution in [0.4, 0.5) is 0 Å². The molecule has 0 amide bonds. The second kappa shape index (κ2) is 8.48. The highest BCUT2D eigenvalue weighted by Gasteiger charge is 1.91. The molecular weight excluding hydrogens is 186 g/mol. The largest absolute Gasteiger partial charge is 0.337 e. The van der Waals surface area contributed by atoms with Crippen molar-refractivity contribution in [1.29, 1.82) is 0 Å². The van der Waals surface area contributed by atoms with Crippen LogP contribution in [0.3, 0.4) is 0 Å². The summed E-state index contributed by atoms with van der Waals surface area (Å²) in [4.78, 5) is 4.01. The van der Waals surface area contributed by atoms with Crippen molar-refractivity contribution in [2.24, 2.45) is 0 Å². The van der Waals surface area contributed by atoms with E-state index in [-0.39, 0.29) is 0 Å². The molecule has 0 aliphatic carbocycles. The number of aromatic nitrogens is 2. The predicted molar refractivity (Wildman–Crippen MR) is 63.9 cm³/mol. The highest BCUT2D eigenvalue weighted by molar-refractivity contribution is 4.73. The van der Waals surface area contributed by atoms with E-state index in [9.17, 15) is 0 Å². The van der Waals surface area contributed by atoms with E-state index in [0.29, 0.717) is 0 Å². The summed E-state index contributed by atoms with van der Waals surface area (Å²) in [6.07, 6.45) is 12.3. The Morgan fingerprint density at radius 3 is 2.73 bits per heavy atom. The highest BCUT2D eigenvalue weighted by atomic mass is 15.0. The van der Waals surface area contributed by atoms with Crippen LogP contribution in [0.25, 0.3) is 0 Å². The third kappa shape index (κ3) is 6.28. The summed E-state index contributed by atoms with van der Waals surface area (Å²) in [7, 11) is 0. The van der Waals surface area contributed by atoms with E-state index in [1.807, 2.05) is 18.7 Å². The van der Waals surface area contributed by atoms with E-state index in [4.69, 9.17) is 0 Å². The molecule has 0 aliphatic heterocycles. The molecule has 3 heteroatoms. The molecule has 0 aromatic carbocycles. The lowest BCUT2D eigenvalue weighted by Gasteiger charge is -2.04. The van der Waals surface area contributed by atoms with Gasteiger partial charge < -0.3 is 9.88 Å². The summed E-state index contributed by atoms with van der Waals surface area (Å²) in [5.74, 6) is 0. The fraction of sp³-hybridized carbons (Fsp3) is 0.750. The summed E-state index contributed by atoms with van der Waals surface area (Å²) in [6.45, 7) is 5.61. The van der Waals surface area contributed by atoms with Gasteiger partial charge in [-0.15, -0.1) is 0 Å². The van der Waals surface area contributed by atoms with Gasteiger partial charge in [0.1, 0.15) is 0 Å². The Morgan fingerprint density at radius 2 is 2.00 bits per heavy atom. The molecule has 1 heterocycles. The molecule has 1 rings (SSSR count). The molecule has 0 atom stereocenters. The molecule has 0 aliphatic rings. The van der Waals surface area contributed by atoms with Crippen LogP contribution in [-0.2, 0) is 6.54 Å². The number of unbranched alkanes of at least 4 members (excludes halogenated alkanes) is 3. The Balaban J connectivity index is 1.81. The van der Waals surface area contributed by atoms with Gasteiger partial charge in [-0.3, -0.25) is 0 Å². The zero-order valence-corrected chi connectivity index (χ0v) is 9.78. The first kappa shape index (κ1) is 12.2. The lowest BCUT2D eigenvalue weighted by Crippen LogP contribution is -2.18. The average Bonchev–Trinajstić information content (AvgIpc) is 2.75. The van der Waals surface area contributed by atoms with Crippen molar-refractivity contribution in [2.75, 3.05) is 13.1 Å². The molecule has 0 saturated carbocycles. The van der Waals surface area contributed by atoms with Crippen LogP contribution >= 0.6 is 0 Å². The topological polar surface area (TPSA) is 29.9 Å². The van der Waals surface area contributed by atoms with Crippen molar-refractivity contribution >= 4 is 0 Å². The maximum absolute atomic E-state index is 4.01. The van der Waals surface area contributed by atoms with Gasteiger partial charge in [-0.2, -0.15) is 0 Å². The first-order chi connectivity index (χ1) is 7.43. The molecule has 0 spiro atoms. The molecule has 1 aromatic heterocycles. The Hall–Kier alpha value is -0.830. The quantitative estimate of drug-likeness (QED) is 0.633. The van der Waals surface area contributed by atoms with E-state index in [0.717, 1.165) is 13.1 Å². The van der Waals surface area contributed by atoms with Gasteiger partial charge >= 0.3 is 0 Å². The van der Waals surface area contributed by atoms with Crippen LogP contribution in [0.15, 0.2) is 18.7 Å². The molecule has 0 radical (unpaired) electrons. The molecular formula is C12H23N3. The average molecular weight is 209 g/mol. The van der Waals surface area contributed by atoms with E-state index in [1.165, 1.54) is 38.6 Å². The fourth-order valence-electron chi connectivity index (χ4n) is 1.61.